The summed E-state index contributed by atoms with van der Waals surface area (Å²) in [6, 6.07) is 13.1. The van der Waals surface area contributed by atoms with Gasteiger partial charge in [0.25, 0.3) is 0 Å². The summed E-state index contributed by atoms with van der Waals surface area (Å²) in [6.07, 6.45) is 1.20. The zero-order valence-electron chi connectivity index (χ0n) is 16.3. The lowest BCUT2D eigenvalue weighted by Crippen LogP contribution is -2.38. The molecule has 1 aliphatic heterocycles. The number of halogens is 1. The van der Waals surface area contributed by atoms with Gasteiger partial charge in [-0.25, -0.2) is 0 Å². The molecule has 4 rings (SSSR count). The molecule has 1 aliphatic carbocycles. The van der Waals surface area contributed by atoms with E-state index in [1.807, 2.05) is 36.4 Å². The van der Waals surface area contributed by atoms with Crippen LogP contribution in [0.5, 0.6) is 11.5 Å². The predicted molar refractivity (Wildman–Crippen MR) is 111 cm³/mol. The van der Waals surface area contributed by atoms with Crippen LogP contribution in [0.25, 0.3) is 0 Å². The number of nitrogens with one attached hydrogen (secondary N) is 1. The summed E-state index contributed by atoms with van der Waals surface area (Å²) in [5.74, 6) is 0.893. The van der Waals surface area contributed by atoms with Gasteiger partial charge in [0.1, 0.15) is 0 Å². The van der Waals surface area contributed by atoms with Crippen LogP contribution in [-0.4, -0.2) is 25.9 Å². The lowest BCUT2D eigenvalue weighted by molar-refractivity contribution is -0.122. The first-order chi connectivity index (χ1) is 14.0. The van der Waals surface area contributed by atoms with Crippen LogP contribution in [0.15, 0.2) is 53.7 Å². The van der Waals surface area contributed by atoms with Crippen molar-refractivity contribution in [3.05, 3.63) is 69.9 Å². The first kappa shape index (κ1) is 19.5. The number of hydrogen-bond acceptors (Lipinski definition) is 4. The molecule has 1 N–H and O–H groups in total. The number of methoxy groups -OCH3 is 2. The summed E-state index contributed by atoms with van der Waals surface area (Å²) in [4.78, 5) is 25.6. The van der Waals surface area contributed by atoms with Crippen molar-refractivity contribution in [2.24, 2.45) is 0 Å². The van der Waals surface area contributed by atoms with E-state index in [-0.39, 0.29) is 29.9 Å². The highest BCUT2D eigenvalue weighted by atomic mass is 35.5. The van der Waals surface area contributed by atoms with Gasteiger partial charge in [-0.3, -0.25) is 9.59 Å². The molecule has 0 aromatic heterocycles. The molecule has 6 heteroatoms. The molecule has 5 nitrogen and oxygen atoms in total. The zero-order valence-corrected chi connectivity index (χ0v) is 17.1. The number of carbonyl (C=O) groups is 2. The van der Waals surface area contributed by atoms with Gasteiger partial charge < -0.3 is 14.8 Å². The highest BCUT2D eigenvalue weighted by molar-refractivity contribution is 6.31. The fraction of sp³-hybridized carbons (Fsp3) is 0.304. The number of carbonyl (C=O) groups excluding carboxylic acids is 2. The monoisotopic (exact) mass is 411 g/mol. The van der Waals surface area contributed by atoms with Gasteiger partial charge in [-0.15, -0.1) is 0 Å². The van der Waals surface area contributed by atoms with Gasteiger partial charge in [0.15, 0.2) is 17.3 Å². The maximum atomic E-state index is 13.2. The first-order valence-corrected chi connectivity index (χ1v) is 9.92. The van der Waals surface area contributed by atoms with Crippen molar-refractivity contribution in [1.29, 1.82) is 0 Å². The van der Waals surface area contributed by atoms with Crippen molar-refractivity contribution in [3.8, 4) is 11.5 Å². The Hall–Kier alpha value is -2.79. The summed E-state index contributed by atoms with van der Waals surface area (Å²) in [5.41, 5.74) is 3.21. The van der Waals surface area contributed by atoms with E-state index in [1.165, 1.54) is 0 Å². The molecule has 0 saturated heterocycles. The Labute approximate surface area is 174 Å². The Balaban J connectivity index is 1.71. The minimum absolute atomic E-state index is 0.0358. The molecule has 0 fully saturated rings. The van der Waals surface area contributed by atoms with Crippen LogP contribution >= 0.6 is 11.6 Å². The summed E-state index contributed by atoms with van der Waals surface area (Å²) in [5, 5.41) is 3.52. The average molecular weight is 412 g/mol. The van der Waals surface area contributed by atoms with Crippen molar-refractivity contribution in [2.75, 3.05) is 14.2 Å². The third-order valence-electron chi connectivity index (χ3n) is 5.70. The number of ketones is 1. The quantitative estimate of drug-likeness (QED) is 0.811. The lowest BCUT2D eigenvalue weighted by atomic mass is 9.73. The maximum Gasteiger partial charge on any atom is 0.225 e. The molecular weight excluding hydrogens is 390 g/mol. The molecular formula is C23H22ClNO4. The molecule has 1 amide bonds. The zero-order chi connectivity index (χ0) is 20.5. The molecule has 0 radical (unpaired) electrons. The van der Waals surface area contributed by atoms with E-state index in [1.54, 1.807) is 20.3 Å². The standard InChI is InChI=1S/C23H22ClNO4/c1-28-20-8-7-13(11-21(20)29-2)14-9-18-23(19(26)10-14)16(12-22(27)25-18)15-5-3-4-6-17(15)24/h3-8,11,14,16H,9-10,12H2,1-2H3,(H,25,27)/t14-,16+/m1/s1. The Morgan fingerprint density at radius 3 is 2.45 bits per heavy atom. The number of benzene rings is 2. The molecule has 29 heavy (non-hydrogen) atoms. The van der Waals surface area contributed by atoms with E-state index in [2.05, 4.69) is 5.32 Å². The fourth-order valence-electron chi connectivity index (χ4n) is 4.33. The topological polar surface area (TPSA) is 64.6 Å². The maximum absolute atomic E-state index is 13.2. The fourth-order valence-corrected chi connectivity index (χ4v) is 4.59. The van der Waals surface area contributed by atoms with Crippen LogP contribution in [0.3, 0.4) is 0 Å². The minimum atomic E-state index is -0.300. The van der Waals surface area contributed by atoms with Gasteiger partial charge in [0.05, 0.1) is 14.2 Å². The Morgan fingerprint density at radius 1 is 0.966 bits per heavy atom. The largest absolute Gasteiger partial charge is 0.493 e. The van der Waals surface area contributed by atoms with Crippen LogP contribution in [-0.2, 0) is 9.59 Å². The molecule has 2 aromatic rings. The van der Waals surface area contributed by atoms with Crippen LogP contribution in [0.2, 0.25) is 5.02 Å². The van der Waals surface area contributed by atoms with E-state index in [9.17, 15) is 9.59 Å². The summed E-state index contributed by atoms with van der Waals surface area (Å²) >= 11 is 6.38. The van der Waals surface area contributed by atoms with Gasteiger partial charge >= 0.3 is 0 Å². The van der Waals surface area contributed by atoms with Crippen LogP contribution < -0.4 is 14.8 Å². The van der Waals surface area contributed by atoms with E-state index < -0.39 is 0 Å². The second-order valence-electron chi connectivity index (χ2n) is 7.36. The normalized spacial score (nSPS) is 21.5. The second kappa shape index (κ2) is 7.91. The van der Waals surface area contributed by atoms with Crippen LogP contribution in [0, 0.1) is 0 Å². The highest BCUT2D eigenvalue weighted by Crippen LogP contribution is 2.44. The Bertz CT molecular complexity index is 1010. The number of ether oxygens (including phenoxy) is 2. The van der Waals surface area contributed by atoms with Crippen molar-refractivity contribution < 1.29 is 19.1 Å². The number of allylic oxidation sites excluding steroid dienone is 2. The van der Waals surface area contributed by atoms with Gasteiger partial charge in [0.2, 0.25) is 5.91 Å². The second-order valence-corrected chi connectivity index (χ2v) is 7.77. The number of amides is 1. The average Bonchev–Trinajstić information content (AvgIpc) is 2.72. The third-order valence-corrected chi connectivity index (χ3v) is 6.04. The molecule has 2 atom stereocenters. The molecule has 2 aliphatic rings. The van der Waals surface area contributed by atoms with Gasteiger partial charge in [-0.05, 0) is 41.7 Å². The van der Waals surface area contributed by atoms with Gasteiger partial charge in [-0.2, -0.15) is 0 Å². The number of rotatable bonds is 4. The van der Waals surface area contributed by atoms with E-state index in [0.717, 1.165) is 11.1 Å². The highest BCUT2D eigenvalue weighted by Gasteiger charge is 2.38. The van der Waals surface area contributed by atoms with Gasteiger partial charge in [0, 0.05) is 35.1 Å². The number of Topliss-reactive ketones (excluding diaryl/α,β-unsaturated/α-hetero) is 1. The van der Waals surface area contributed by atoms with E-state index in [4.69, 9.17) is 21.1 Å². The van der Waals surface area contributed by atoms with Crippen molar-refractivity contribution in [2.45, 2.75) is 31.1 Å². The summed E-state index contributed by atoms with van der Waals surface area (Å²) < 4.78 is 10.7. The lowest BCUT2D eigenvalue weighted by Gasteiger charge is -2.34. The van der Waals surface area contributed by atoms with E-state index in [0.29, 0.717) is 40.6 Å². The minimum Gasteiger partial charge on any atom is -0.493 e. The molecule has 0 spiro atoms. The van der Waals surface area contributed by atoms with Gasteiger partial charge in [-0.1, -0.05) is 35.9 Å². The SMILES string of the molecule is COc1ccc([C@H]2CC(=O)C3=C(C2)NC(=O)C[C@H]3c2ccccc2Cl)cc1OC. The first-order valence-electron chi connectivity index (χ1n) is 9.54. The molecule has 150 valence electrons. The van der Waals surface area contributed by atoms with E-state index >= 15 is 0 Å². The molecule has 0 bridgehead atoms. The molecule has 0 saturated carbocycles. The van der Waals surface area contributed by atoms with Crippen molar-refractivity contribution in [1.82, 2.24) is 5.32 Å². The Kier molecular flexibility index (Phi) is 5.33. The van der Waals surface area contributed by atoms with Crippen molar-refractivity contribution >= 4 is 23.3 Å². The molecule has 0 unspecified atom stereocenters. The third kappa shape index (κ3) is 3.62. The summed E-state index contributed by atoms with van der Waals surface area (Å²) in [6.45, 7) is 0. The van der Waals surface area contributed by atoms with Crippen LogP contribution in [0.1, 0.15) is 42.2 Å². The smallest absolute Gasteiger partial charge is 0.225 e. The molecule has 1 heterocycles. The van der Waals surface area contributed by atoms with Crippen LogP contribution in [0.4, 0.5) is 0 Å². The number of hydrogen-bond donors (Lipinski definition) is 1. The summed E-state index contributed by atoms with van der Waals surface area (Å²) in [7, 11) is 3.18. The van der Waals surface area contributed by atoms with Crippen molar-refractivity contribution in [3.63, 3.8) is 0 Å². The molecule has 2 aromatic carbocycles. The predicted octanol–water partition coefficient (Wildman–Crippen LogP) is 4.36. The Morgan fingerprint density at radius 2 is 1.72 bits per heavy atom.